The molecule has 0 aliphatic rings. The number of anilines is 1. The molecule has 0 spiro atoms. The van der Waals surface area contributed by atoms with E-state index in [4.69, 9.17) is 15.2 Å². The van der Waals surface area contributed by atoms with E-state index in [1.165, 1.54) is 5.56 Å². The van der Waals surface area contributed by atoms with Crippen molar-refractivity contribution in [1.82, 2.24) is 0 Å². The van der Waals surface area contributed by atoms with Crippen molar-refractivity contribution in [2.24, 2.45) is 10.7 Å². The minimum Gasteiger partial charge on any atom is -0.497 e. The van der Waals surface area contributed by atoms with Crippen molar-refractivity contribution in [3.63, 3.8) is 0 Å². The van der Waals surface area contributed by atoms with Gasteiger partial charge >= 0.3 is 0 Å². The van der Waals surface area contributed by atoms with Crippen LogP contribution in [0.5, 0.6) is 5.75 Å². The third kappa shape index (κ3) is 5.22. The minimum absolute atomic E-state index is 0.134. The fraction of sp³-hybridized carbons (Fsp3) is 0.350. The first-order chi connectivity index (χ1) is 12.0. The molecule has 2 aromatic rings. The van der Waals surface area contributed by atoms with E-state index in [9.17, 15) is 0 Å². The van der Waals surface area contributed by atoms with Crippen LogP contribution in [0.3, 0.4) is 0 Å². The Balaban J connectivity index is 2.06. The molecule has 0 radical (unpaired) electrons. The van der Waals surface area contributed by atoms with Crippen molar-refractivity contribution in [2.75, 3.05) is 26.1 Å². The standard InChI is InChI=1S/C20H27N3O2/c1-20(2,16-9-11-17(25-4)12-10-16)14-22-19(21)23-18-8-6-5-7-15(18)13-24-3/h5-12H,13-14H2,1-4H3,(H3,21,22,23). The van der Waals surface area contributed by atoms with Gasteiger partial charge < -0.3 is 20.5 Å². The number of hydrogen-bond acceptors (Lipinski definition) is 3. The Hall–Kier alpha value is -2.53. The number of nitrogens with two attached hydrogens (primary N) is 1. The summed E-state index contributed by atoms with van der Waals surface area (Å²) in [5.41, 5.74) is 9.08. The number of rotatable bonds is 7. The Bertz CT molecular complexity index is 709. The van der Waals surface area contributed by atoms with Crippen LogP contribution in [0.4, 0.5) is 5.69 Å². The van der Waals surface area contributed by atoms with Crippen LogP contribution in [0.1, 0.15) is 25.0 Å². The monoisotopic (exact) mass is 341 g/mol. The van der Waals surface area contributed by atoms with E-state index in [1.54, 1.807) is 14.2 Å². The number of hydrogen-bond donors (Lipinski definition) is 2. The van der Waals surface area contributed by atoms with Crippen molar-refractivity contribution in [3.05, 3.63) is 59.7 Å². The number of para-hydroxylation sites is 1. The minimum atomic E-state index is -0.134. The number of methoxy groups -OCH3 is 2. The second-order valence-electron chi connectivity index (χ2n) is 6.53. The summed E-state index contributed by atoms with van der Waals surface area (Å²) in [6.45, 7) is 5.38. The van der Waals surface area contributed by atoms with E-state index in [0.717, 1.165) is 17.0 Å². The Morgan fingerprint density at radius 2 is 1.76 bits per heavy atom. The largest absolute Gasteiger partial charge is 0.497 e. The van der Waals surface area contributed by atoms with Crippen LogP contribution < -0.4 is 15.8 Å². The number of benzene rings is 2. The average Bonchev–Trinajstić information content (AvgIpc) is 2.62. The summed E-state index contributed by atoms with van der Waals surface area (Å²) in [6, 6.07) is 15.9. The summed E-state index contributed by atoms with van der Waals surface area (Å²) in [7, 11) is 3.34. The maximum atomic E-state index is 6.08. The van der Waals surface area contributed by atoms with E-state index >= 15 is 0 Å². The van der Waals surface area contributed by atoms with Gasteiger partial charge in [-0.05, 0) is 23.8 Å². The zero-order valence-electron chi connectivity index (χ0n) is 15.4. The Kier molecular flexibility index (Phi) is 6.42. The number of guanidine groups is 1. The van der Waals surface area contributed by atoms with Crippen LogP contribution in [-0.4, -0.2) is 26.7 Å². The van der Waals surface area contributed by atoms with Crippen LogP contribution in [0.15, 0.2) is 53.5 Å². The maximum absolute atomic E-state index is 6.08. The smallest absolute Gasteiger partial charge is 0.193 e. The molecule has 0 aliphatic heterocycles. The van der Waals surface area contributed by atoms with Crippen LogP contribution >= 0.6 is 0 Å². The van der Waals surface area contributed by atoms with Crippen LogP contribution in [0, 0.1) is 0 Å². The van der Waals surface area contributed by atoms with Gasteiger partial charge in [0.15, 0.2) is 5.96 Å². The Labute approximate surface area is 149 Å². The highest BCUT2D eigenvalue weighted by Crippen LogP contribution is 2.25. The van der Waals surface area contributed by atoms with E-state index in [-0.39, 0.29) is 5.41 Å². The summed E-state index contributed by atoms with van der Waals surface area (Å²) >= 11 is 0. The van der Waals surface area contributed by atoms with Gasteiger partial charge in [0.1, 0.15) is 5.75 Å². The summed E-state index contributed by atoms with van der Waals surface area (Å²) < 4.78 is 10.4. The summed E-state index contributed by atoms with van der Waals surface area (Å²) in [5.74, 6) is 1.24. The van der Waals surface area contributed by atoms with Gasteiger partial charge in [0.25, 0.3) is 0 Å². The molecule has 5 heteroatoms. The van der Waals surface area contributed by atoms with Gasteiger partial charge in [-0.15, -0.1) is 0 Å². The number of aliphatic imine (C=N–C) groups is 1. The van der Waals surface area contributed by atoms with Gasteiger partial charge in [0, 0.05) is 23.8 Å². The Morgan fingerprint density at radius 1 is 1.08 bits per heavy atom. The first-order valence-electron chi connectivity index (χ1n) is 8.24. The van der Waals surface area contributed by atoms with Crippen molar-refractivity contribution < 1.29 is 9.47 Å². The molecule has 2 rings (SSSR count). The van der Waals surface area contributed by atoms with Crippen molar-refractivity contribution in [1.29, 1.82) is 0 Å². The number of nitrogens with zero attached hydrogens (tertiary/aromatic N) is 1. The van der Waals surface area contributed by atoms with E-state index in [1.807, 2.05) is 36.4 Å². The third-order valence-electron chi connectivity index (χ3n) is 4.10. The third-order valence-corrected chi connectivity index (χ3v) is 4.10. The van der Waals surface area contributed by atoms with Gasteiger partial charge in [-0.25, -0.2) is 0 Å². The molecule has 3 N–H and O–H groups in total. The molecule has 25 heavy (non-hydrogen) atoms. The van der Waals surface area contributed by atoms with Gasteiger partial charge in [-0.3, -0.25) is 4.99 Å². The van der Waals surface area contributed by atoms with Gasteiger partial charge in [-0.2, -0.15) is 0 Å². The number of ether oxygens (including phenoxy) is 2. The molecule has 0 atom stereocenters. The normalized spacial score (nSPS) is 12.1. The SMILES string of the molecule is COCc1ccccc1NC(N)=NCC(C)(C)c1ccc(OC)cc1. The van der Waals surface area contributed by atoms with Crippen LogP contribution in [0.2, 0.25) is 0 Å². The van der Waals surface area contributed by atoms with Gasteiger partial charge in [0.2, 0.25) is 0 Å². The molecule has 0 heterocycles. The molecule has 0 aromatic heterocycles. The molecule has 0 bridgehead atoms. The fourth-order valence-electron chi connectivity index (χ4n) is 2.52. The van der Waals surface area contributed by atoms with Crippen molar-refractivity contribution in [2.45, 2.75) is 25.9 Å². The summed E-state index contributed by atoms with van der Waals surface area (Å²) in [5, 5.41) is 3.17. The fourth-order valence-corrected chi connectivity index (χ4v) is 2.52. The Morgan fingerprint density at radius 3 is 2.40 bits per heavy atom. The molecule has 5 nitrogen and oxygen atoms in total. The summed E-state index contributed by atoms with van der Waals surface area (Å²) in [4.78, 5) is 4.52. The van der Waals surface area contributed by atoms with Crippen LogP contribution in [-0.2, 0) is 16.8 Å². The molecule has 0 fully saturated rings. The highest BCUT2D eigenvalue weighted by Gasteiger charge is 2.20. The lowest BCUT2D eigenvalue weighted by Crippen LogP contribution is -2.28. The van der Waals surface area contributed by atoms with Crippen molar-refractivity contribution >= 4 is 11.6 Å². The summed E-state index contributed by atoms with van der Waals surface area (Å²) in [6.07, 6.45) is 0. The van der Waals surface area contributed by atoms with E-state index < -0.39 is 0 Å². The molecule has 0 aliphatic carbocycles. The lowest BCUT2D eigenvalue weighted by molar-refractivity contribution is 0.185. The highest BCUT2D eigenvalue weighted by atomic mass is 16.5. The molecule has 0 unspecified atom stereocenters. The predicted molar refractivity (Wildman–Crippen MR) is 103 cm³/mol. The lowest BCUT2D eigenvalue weighted by atomic mass is 9.85. The van der Waals surface area contributed by atoms with Crippen molar-refractivity contribution in [3.8, 4) is 5.75 Å². The predicted octanol–water partition coefficient (Wildman–Crippen LogP) is 3.55. The zero-order valence-corrected chi connectivity index (χ0v) is 15.4. The van der Waals surface area contributed by atoms with E-state index in [2.05, 4.69) is 36.3 Å². The van der Waals surface area contributed by atoms with Gasteiger partial charge in [0.05, 0.1) is 20.3 Å². The first-order valence-corrected chi connectivity index (χ1v) is 8.24. The lowest BCUT2D eigenvalue weighted by Gasteiger charge is -2.23. The average molecular weight is 341 g/mol. The zero-order chi connectivity index (χ0) is 18.3. The molecule has 0 amide bonds. The second kappa shape index (κ2) is 8.53. The molecular formula is C20H27N3O2. The molecule has 2 aromatic carbocycles. The maximum Gasteiger partial charge on any atom is 0.193 e. The number of nitrogens with one attached hydrogen (secondary N) is 1. The molecule has 0 saturated heterocycles. The first kappa shape index (κ1) is 18.8. The highest BCUT2D eigenvalue weighted by molar-refractivity contribution is 5.93. The molecular weight excluding hydrogens is 314 g/mol. The topological polar surface area (TPSA) is 68.9 Å². The quantitative estimate of drug-likeness (QED) is 0.597. The van der Waals surface area contributed by atoms with Crippen LogP contribution in [0.25, 0.3) is 0 Å². The van der Waals surface area contributed by atoms with E-state index in [0.29, 0.717) is 19.1 Å². The van der Waals surface area contributed by atoms with Gasteiger partial charge in [-0.1, -0.05) is 44.2 Å². The molecule has 134 valence electrons. The second-order valence-corrected chi connectivity index (χ2v) is 6.53. The molecule has 0 saturated carbocycles.